The summed E-state index contributed by atoms with van der Waals surface area (Å²) in [5.74, 6) is 0.270. The number of ether oxygens (including phenoxy) is 1. The summed E-state index contributed by atoms with van der Waals surface area (Å²) in [6, 6.07) is 3.45. The summed E-state index contributed by atoms with van der Waals surface area (Å²) >= 11 is 0. The standard InChI is InChI=1S/C14H20N2O3/c1-14(18)6-4-9-16(10-7-14)13(17)11-5-3-8-15-12(11)19-2/h3,5,8,18H,4,6-7,9-10H2,1-2H3. The number of likely N-dealkylation sites (tertiary alicyclic amines) is 1. The van der Waals surface area contributed by atoms with Gasteiger partial charge in [0, 0.05) is 19.3 Å². The third-order valence-electron chi connectivity index (χ3n) is 3.55. The highest BCUT2D eigenvalue weighted by atomic mass is 16.5. The van der Waals surface area contributed by atoms with Gasteiger partial charge in [-0.3, -0.25) is 4.79 Å². The van der Waals surface area contributed by atoms with Crippen molar-refractivity contribution in [1.29, 1.82) is 0 Å². The van der Waals surface area contributed by atoms with E-state index < -0.39 is 5.60 Å². The Balaban J connectivity index is 2.15. The topological polar surface area (TPSA) is 62.7 Å². The van der Waals surface area contributed by atoms with Crippen LogP contribution in [0.4, 0.5) is 0 Å². The van der Waals surface area contributed by atoms with Gasteiger partial charge in [-0.15, -0.1) is 0 Å². The number of pyridine rings is 1. The second-order valence-electron chi connectivity index (χ2n) is 5.20. The van der Waals surface area contributed by atoms with Crippen molar-refractivity contribution >= 4 is 5.91 Å². The van der Waals surface area contributed by atoms with Gasteiger partial charge < -0.3 is 14.7 Å². The van der Waals surface area contributed by atoms with E-state index in [1.807, 2.05) is 6.92 Å². The summed E-state index contributed by atoms with van der Waals surface area (Å²) in [6.07, 6.45) is 3.73. The summed E-state index contributed by atoms with van der Waals surface area (Å²) in [6.45, 7) is 3.04. The van der Waals surface area contributed by atoms with E-state index in [-0.39, 0.29) is 5.91 Å². The van der Waals surface area contributed by atoms with Crippen LogP contribution in [0.3, 0.4) is 0 Å². The van der Waals surface area contributed by atoms with Gasteiger partial charge in [-0.2, -0.15) is 0 Å². The van der Waals surface area contributed by atoms with Crippen molar-refractivity contribution in [3.8, 4) is 5.88 Å². The molecule has 2 heterocycles. The molecule has 0 aromatic carbocycles. The minimum Gasteiger partial charge on any atom is -0.480 e. The molecular formula is C14H20N2O3. The molecule has 5 heteroatoms. The largest absolute Gasteiger partial charge is 0.480 e. The van der Waals surface area contributed by atoms with Crippen LogP contribution in [0.25, 0.3) is 0 Å². The fourth-order valence-corrected chi connectivity index (χ4v) is 2.35. The van der Waals surface area contributed by atoms with Crippen LogP contribution in [0.1, 0.15) is 36.5 Å². The molecule has 19 heavy (non-hydrogen) atoms. The van der Waals surface area contributed by atoms with Crippen molar-refractivity contribution in [2.24, 2.45) is 0 Å². The maximum absolute atomic E-state index is 12.5. The second-order valence-corrected chi connectivity index (χ2v) is 5.20. The van der Waals surface area contributed by atoms with Gasteiger partial charge in [-0.05, 0) is 38.3 Å². The highest BCUT2D eigenvalue weighted by molar-refractivity contribution is 5.96. The first kappa shape index (κ1) is 13.8. The van der Waals surface area contributed by atoms with Gasteiger partial charge >= 0.3 is 0 Å². The van der Waals surface area contributed by atoms with Gasteiger partial charge in [-0.25, -0.2) is 4.98 Å². The lowest BCUT2D eigenvalue weighted by molar-refractivity contribution is 0.0437. The minimum atomic E-state index is -0.673. The number of hydrogen-bond donors (Lipinski definition) is 1. The maximum Gasteiger partial charge on any atom is 0.259 e. The Kier molecular flexibility index (Phi) is 4.04. The minimum absolute atomic E-state index is 0.0809. The zero-order chi connectivity index (χ0) is 13.9. The van der Waals surface area contributed by atoms with Crippen molar-refractivity contribution < 1.29 is 14.6 Å². The second kappa shape index (κ2) is 5.57. The predicted octanol–water partition coefficient (Wildman–Crippen LogP) is 1.47. The summed E-state index contributed by atoms with van der Waals surface area (Å²) in [4.78, 5) is 18.3. The van der Waals surface area contributed by atoms with Crippen LogP contribution in [0.5, 0.6) is 5.88 Å². The quantitative estimate of drug-likeness (QED) is 0.878. The Hall–Kier alpha value is -1.62. The van der Waals surface area contributed by atoms with Crippen molar-refractivity contribution in [2.75, 3.05) is 20.2 Å². The molecule has 1 aliphatic rings. The molecule has 0 bridgehead atoms. The van der Waals surface area contributed by atoms with Crippen LogP contribution in [0.2, 0.25) is 0 Å². The molecule has 2 rings (SSSR count). The molecular weight excluding hydrogens is 244 g/mol. The monoisotopic (exact) mass is 264 g/mol. The Bertz CT molecular complexity index is 460. The molecule has 1 fully saturated rings. The zero-order valence-corrected chi connectivity index (χ0v) is 11.4. The lowest BCUT2D eigenvalue weighted by atomic mass is 9.98. The average Bonchev–Trinajstić information content (AvgIpc) is 2.59. The molecule has 1 N–H and O–H groups in total. The molecule has 104 valence electrons. The van der Waals surface area contributed by atoms with E-state index in [1.165, 1.54) is 7.11 Å². The van der Waals surface area contributed by atoms with Crippen LogP contribution < -0.4 is 4.74 Å². The van der Waals surface area contributed by atoms with Crippen LogP contribution >= 0.6 is 0 Å². The molecule has 0 radical (unpaired) electrons. The van der Waals surface area contributed by atoms with E-state index in [2.05, 4.69) is 4.98 Å². The molecule has 1 aromatic heterocycles. The third-order valence-corrected chi connectivity index (χ3v) is 3.55. The van der Waals surface area contributed by atoms with Crippen molar-refractivity contribution in [2.45, 2.75) is 31.8 Å². The van der Waals surface area contributed by atoms with Crippen LogP contribution in [0, 0.1) is 0 Å². The summed E-state index contributed by atoms with van der Waals surface area (Å²) in [5.41, 5.74) is -0.194. The van der Waals surface area contributed by atoms with Crippen LogP contribution in [0.15, 0.2) is 18.3 Å². The molecule has 0 spiro atoms. The molecule has 0 aliphatic carbocycles. The van der Waals surface area contributed by atoms with E-state index >= 15 is 0 Å². The molecule has 1 aromatic rings. The number of amides is 1. The van der Waals surface area contributed by atoms with Gasteiger partial charge in [0.2, 0.25) is 5.88 Å². The molecule has 1 aliphatic heterocycles. The van der Waals surface area contributed by atoms with Gasteiger partial charge in [0.25, 0.3) is 5.91 Å². The van der Waals surface area contributed by atoms with E-state index in [1.54, 1.807) is 23.2 Å². The predicted molar refractivity (Wildman–Crippen MR) is 71.2 cm³/mol. The fraction of sp³-hybridized carbons (Fsp3) is 0.571. The Morgan fingerprint density at radius 1 is 1.47 bits per heavy atom. The molecule has 1 saturated heterocycles. The van der Waals surface area contributed by atoms with Gasteiger partial charge in [0.05, 0.1) is 12.7 Å². The number of hydrogen-bond acceptors (Lipinski definition) is 4. The molecule has 1 atom stereocenters. The number of rotatable bonds is 2. The molecule has 5 nitrogen and oxygen atoms in total. The summed E-state index contributed by atoms with van der Waals surface area (Å²) in [7, 11) is 1.51. The first-order chi connectivity index (χ1) is 9.03. The van der Waals surface area contributed by atoms with Crippen LogP contribution in [-0.2, 0) is 0 Å². The van der Waals surface area contributed by atoms with E-state index in [0.717, 1.165) is 12.8 Å². The number of carbonyl (C=O) groups is 1. The van der Waals surface area contributed by atoms with E-state index in [9.17, 15) is 9.90 Å². The van der Waals surface area contributed by atoms with Crippen LogP contribution in [-0.4, -0.2) is 46.7 Å². The average molecular weight is 264 g/mol. The van der Waals surface area contributed by atoms with Gasteiger partial charge in [0.1, 0.15) is 5.56 Å². The van der Waals surface area contributed by atoms with Crippen molar-refractivity contribution in [3.63, 3.8) is 0 Å². The molecule has 1 amide bonds. The number of aliphatic hydroxyl groups is 1. The first-order valence-corrected chi connectivity index (χ1v) is 6.54. The number of nitrogens with zero attached hydrogens (tertiary/aromatic N) is 2. The van der Waals surface area contributed by atoms with E-state index in [0.29, 0.717) is 31.0 Å². The fourth-order valence-electron chi connectivity index (χ4n) is 2.35. The Morgan fingerprint density at radius 2 is 2.26 bits per heavy atom. The third kappa shape index (κ3) is 3.23. The maximum atomic E-state index is 12.5. The van der Waals surface area contributed by atoms with Gasteiger partial charge in [-0.1, -0.05) is 0 Å². The van der Waals surface area contributed by atoms with Crippen molar-refractivity contribution in [1.82, 2.24) is 9.88 Å². The normalized spacial score (nSPS) is 23.8. The SMILES string of the molecule is COc1ncccc1C(=O)N1CCCC(C)(O)CC1. The zero-order valence-electron chi connectivity index (χ0n) is 11.4. The smallest absolute Gasteiger partial charge is 0.259 e. The number of carbonyl (C=O) groups excluding carboxylic acids is 1. The summed E-state index contributed by atoms with van der Waals surface area (Å²) < 4.78 is 5.12. The molecule has 0 saturated carbocycles. The van der Waals surface area contributed by atoms with E-state index in [4.69, 9.17) is 4.74 Å². The lowest BCUT2D eigenvalue weighted by Crippen LogP contribution is -2.33. The Morgan fingerprint density at radius 3 is 3.00 bits per heavy atom. The van der Waals surface area contributed by atoms with Gasteiger partial charge in [0.15, 0.2) is 0 Å². The lowest BCUT2D eigenvalue weighted by Gasteiger charge is -2.23. The highest BCUT2D eigenvalue weighted by Gasteiger charge is 2.28. The Labute approximate surface area is 113 Å². The first-order valence-electron chi connectivity index (χ1n) is 6.54. The number of aromatic nitrogens is 1. The molecule has 1 unspecified atom stereocenters. The van der Waals surface area contributed by atoms with Crippen molar-refractivity contribution in [3.05, 3.63) is 23.9 Å². The highest BCUT2D eigenvalue weighted by Crippen LogP contribution is 2.24. The number of methoxy groups -OCH3 is 1. The summed E-state index contributed by atoms with van der Waals surface area (Å²) in [5, 5.41) is 10.1.